The largest absolute Gasteiger partial charge is 0.495 e. The second kappa shape index (κ2) is 12.3. The van der Waals surface area contributed by atoms with Crippen molar-refractivity contribution in [2.45, 2.75) is 13.1 Å². The minimum absolute atomic E-state index is 0.117. The van der Waals surface area contributed by atoms with Crippen LogP contribution in [0.25, 0.3) is 0 Å². The zero-order valence-electron chi connectivity index (χ0n) is 22.0. The fourth-order valence-corrected chi connectivity index (χ4v) is 4.91. The van der Waals surface area contributed by atoms with Crippen LogP contribution in [0.15, 0.2) is 114 Å². The minimum atomic E-state index is -0.719. The van der Waals surface area contributed by atoms with Crippen molar-refractivity contribution in [3.8, 4) is 5.75 Å². The van der Waals surface area contributed by atoms with E-state index in [1.165, 1.54) is 13.2 Å². The summed E-state index contributed by atoms with van der Waals surface area (Å²) in [7, 11) is 1.42. The van der Waals surface area contributed by atoms with Crippen LogP contribution in [0.1, 0.15) is 21.5 Å². The third-order valence-electron chi connectivity index (χ3n) is 6.51. The minimum Gasteiger partial charge on any atom is -0.495 e. The van der Waals surface area contributed by atoms with Crippen LogP contribution < -0.4 is 15.0 Å². The third-order valence-corrected chi connectivity index (χ3v) is 7.09. The Hall–Kier alpha value is -4.59. The van der Waals surface area contributed by atoms with Crippen molar-refractivity contribution < 1.29 is 19.1 Å². The van der Waals surface area contributed by atoms with Gasteiger partial charge in [-0.3, -0.25) is 14.4 Å². The smallest absolute Gasteiger partial charge is 0.283 e. The molecule has 1 heterocycles. The predicted molar refractivity (Wildman–Crippen MR) is 160 cm³/mol. The monoisotopic (exact) mass is 585 g/mol. The van der Waals surface area contributed by atoms with E-state index in [-0.39, 0.29) is 28.1 Å². The molecule has 0 fully saturated rings. The molecule has 0 aromatic heterocycles. The molecule has 0 aliphatic carbocycles. The molecule has 1 N–H and O–H groups in total. The van der Waals surface area contributed by atoms with Gasteiger partial charge in [0.25, 0.3) is 17.7 Å². The molecule has 1 aliphatic heterocycles. The number of carbonyl (C=O) groups excluding carboxylic acids is 3. The lowest BCUT2D eigenvalue weighted by Gasteiger charge is -2.23. The third kappa shape index (κ3) is 6.11. The van der Waals surface area contributed by atoms with Crippen LogP contribution in [0.2, 0.25) is 5.02 Å². The Morgan fingerprint density at radius 3 is 2.05 bits per heavy atom. The summed E-state index contributed by atoms with van der Waals surface area (Å²) < 4.78 is 5.32. The summed E-state index contributed by atoms with van der Waals surface area (Å²) in [6, 6.07) is 30.8. The number of nitrogens with one attached hydrogen (secondary N) is 1. The van der Waals surface area contributed by atoms with Crippen LogP contribution in [0, 0.1) is 0 Å². The summed E-state index contributed by atoms with van der Waals surface area (Å²) in [5.41, 5.74) is 2.87. The van der Waals surface area contributed by atoms with Gasteiger partial charge in [-0.25, -0.2) is 4.90 Å². The van der Waals surface area contributed by atoms with Crippen LogP contribution >= 0.6 is 23.2 Å². The number of hydrogen-bond donors (Lipinski definition) is 1. The maximum absolute atomic E-state index is 13.8. The Morgan fingerprint density at radius 2 is 1.44 bits per heavy atom. The van der Waals surface area contributed by atoms with Crippen LogP contribution in [-0.4, -0.2) is 29.7 Å². The number of imide groups is 1. The molecule has 4 aromatic carbocycles. The van der Waals surface area contributed by atoms with E-state index in [0.29, 0.717) is 29.4 Å². The first-order valence-corrected chi connectivity index (χ1v) is 13.5. The first-order valence-electron chi connectivity index (χ1n) is 12.7. The molecule has 0 radical (unpaired) electrons. The highest BCUT2D eigenvalue weighted by Crippen LogP contribution is 2.37. The highest BCUT2D eigenvalue weighted by atomic mass is 35.5. The number of rotatable bonds is 9. The molecule has 0 saturated heterocycles. The molecule has 206 valence electrons. The molecule has 0 spiro atoms. The van der Waals surface area contributed by atoms with Gasteiger partial charge in [0.15, 0.2) is 0 Å². The molecule has 7 nitrogen and oxygen atoms in total. The molecule has 0 saturated carbocycles. The molecular weight excluding hydrogens is 561 g/mol. The fraction of sp³-hybridized carbons (Fsp3) is 0.0938. The average molecular weight is 586 g/mol. The van der Waals surface area contributed by atoms with Crippen molar-refractivity contribution >= 4 is 52.3 Å². The van der Waals surface area contributed by atoms with Crippen LogP contribution in [0.3, 0.4) is 0 Å². The zero-order valence-corrected chi connectivity index (χ0v) is 23.5. The second-order valence-corrected chi connectivity index (χ2v) is 10.1. The van der Waals surface area contributed by atoms with Crippen molar-refractivity contribution in [3.63, 3.8) is 0 Å². The number of methoxy groups -OCH3 is 1. The van der Waals surface area contributed by atoms with Crippen LogP contribution in [0.5, 0.6) is 5.75 Å². The lowest BCUT2D eigenvalue weighted by molar-refractivity contribution is -0.120. The average Bonchev–Trinajstić information content (AvgIpc) is 3.20. The molecule has 5 rings (SSSR count). The molecule has 4 aromatic rings. The molecule has 0 bridgehead atoms. The van der Waals surface area contributed by atoms with E-state index in [0.717, 1.165) is 16.0 Å². The quantitative estimate of drug-likeness (QED) is 0.223. The van der Waals surface area contributed by atoms with E-state index in [1.807, 2.05) is 60.7 Å². The molecule has 9 heteroatoms. The lowest BCUT2D eigenvalue weighted by atomic mass is 10.1. The van der Waals surface area contributed by atoms with Crippen molar-refractivity contribution in [1.29, 1.82) is 0 Å². The van der Waals surface area contributed by atoms with Crippen molar-refractivity contribution in [3.05, 3.63) is 136 Å². The van der Waals surface area contributed by atoms with Gasteiger partial charge in [0.1, 0.15) is 16.5 Å². The summed E-state index contributed by atoms with van der Waals surface area (Å²) in [6.45, 7) is 0.819. The number of nitrogens with zero attached hydrogens (tertiary/aromatic N) is 2. The van der Waals surface area contributed by atoms with E-state index in [1.54, 1.807) is 41.3 Å². The van der Waals surface area contributed by atoms with Gasteiger partial charge in [0.05, 0.1) is 12.8 Å². The Morgan fingerprint density at radius 1 is 0.805 bits per heavy atom. The van der Waals surface area contributed by atoms with Crippen LogP contribution in [0.4, 0.5) is 11.4 Å². The molecule has 0 unspecified atom stereocenters. The first-order chi connectivity index (χ1) is 19.9. The normalized spacial score (nSPS) is 13.0. The molecule has 0 atom stereocenters. The number of carbonyl (C=O) groups is 3. The Bertz CT molecular complexity index is 1600. The highest BCUT2D eigenvalue weighted by molar-refractivity contribution is 6.53. The number of hydrogen-bond acceptors (Lipinski definition) is 5. The zero-order chi connectivity index (χ0) is 28.9. The molecule has 3 amide bonds. The summed E-state index contributed by atoms with van der Waals surface area (Å²) in [5, 5.41) is 2.98. The molecule has 1 aliphatic rings. The van der Waals surface area contributed by atoms with E-state index in [4.69, 9.17) is 27.9 Å². The van der Waals surface area contributed by atoms with Gasteiger partial charge in [0, 0.05) is 29.4 Å². The summed E-state index contributed by atoms with van der Waals surface area (Å²) in [6.07, 6.45) is 0. The van der Waals surface area contributed by atoms with Crippen molar-refractivity contribution in [1.82, 2.24) is 4.90 Å². The van der Waals surface area contributed by atoms with Gasteiger partial charge in [-0.15, -0.1) is 0 Å². The van der Waals surface area contributed by atoms with Crippen molar-refractivity contribution in [2.75, 3.05) is 17.3 Å². The lowest BCUT2D eigenvalue weighted by Crippen LogP contribution is -2.32. The van der Waals surface area contributed by atoms with Gasteiger partial charge in [0.2, 0.25) is 0 Å². The highest BCUT2D eigenvalue weighted by Gasteiger charge is 2.40. The summed E-state index contributed by atoms with van der Waals surface area (Å²) in [5.74, 6) is -1.30. The van der Waals surface area contributed by atoms with E-state index in [2.05, 4.69) is 5.32 Å². The van der Waals surface area contributed by atoms with E-state index in [9.17, 15) is 14.4 Å². The predicted octanol–water partition coefficient (Wildman–Crippen LogP) is 6.63. The molecule has 41 heavy (non-hydrogen) atoms. The number of anilines is 2. The van der Waals surface area contributed by atoms with Crippen LogP contribution in [-0.2, 0) is 22.7 Å². The van der Waals surface area contributed by atoms with E-state index < -0.39 is 11.8 Å². The number of ether oxygens (including phenoxy) is 1. The van der Waals surface area contributed by atoms with Gasteiger partial charge < -0.3 is 15.0 Å². The maximum Gasteiger partial charge on any atom is 0.283 e. The number of benzene rings is 4. The van der Waals surface area contributed by atoms with E-state index >= 15 is 0 Å². The Labute approximate surface area is 247 Å². The maximum atomic E-state index is 13.8. The van der Waals surface area contributed by atoms with Gasteiger partial charge >= 0.3 is 0 Å². The number of halogens is 2. The Balaban J connectivity index is 1.40. The van der Waals surface area contributed by atoms with Crippen molar-refractivity contribution in [2.24, 2.45) is 0 Å². The fourth-order valence-electron chi connectivity index (χ4n) is 4.53. The SMILES string of the molecule is COc1ccc(Cl)cc1N1C(=O)C(Cl)=C(Nc2cccc(C(=O)N(Cc3ccccc3)Cc3ccccc3)c2)C1=O. The van der Waals surface area contributed by atoms with Gasteiger partial charge in [-0.1, -0.05) is 89.9 Å². The topological polar surface area (TPSA) is 79.0 Å². The summed E-state index contributed by atoms with van der Waals surface area (Å²) >= 11 is 12.5. The van der Waals surface area contributed by atoms with Gasteiger partial charge in [-0.2, -0.15) is 0 Å². The molecular formula is C32H25Cl2N3O4. The first kappa shape index (κ1) is 28.0. The second-order valence-electron chi connectivity index (χ2n) is 9.29. The Kier molecular flexibility index (Phi) is 8.38. The standard InChI is InChI=1S/C32H25Cl2N3O4/c1-41-27-16-15-24(33)18-26(27)37-31(39)28(34)29(32(37)40)35-25-14-8-13-23(17-25)30(38)36(19-21-9-4-2-5-10-21)20-22-11-6-3-7-12-22/h2-18,35H,19-20H2,1H3. The van der Waals surface area contributed by atoms with Gasteiger partial charge in [-0.05, 0) is 47.5 Å². The summed E-state index contributed by atoms with van der Waals surface area (Å²) in [4.78, 5) is 42.8. The number of amides is 3.